The Labute approximate surface area is 122 Å². The van der Waals surface area contributed by atoms with Crippen LogP contribution in [0, 0.1) is 0 Å². The Morgan fingerprint density at radius 1 is 1.30 bits per heavy atom. The molecule has 0 radical (unpaired) electrons. The van der Waals surface area contributed by atoms with Crippen molar-refractivity contribution in [2.24, 2.45) is 5.73 Å². The van der Waals surface area contributed by atoms with Gasteiger partial charge in [-0.15, -0.1) is 11.3 Å². The molecule has 0 aliphatic carbocycles. The summed E-state index contributed by atoms with van der Waals surface area (Å²) in [6, 6.07) is 11.5. The van der Waals surface area contributed by atoms with E-state index in [1.54, 1.807) is 11.3 Å². The number of nitrogens with two attached hydrogens (primary N) is 1. The first-order chi connectivity index (χ1) is 9.78. The van der Waals surface area contributed by atoms with Gasteiger partial charge in [0.15, 0.2) is 6.61 Å². The number of hydrogen-bond donors (Lipinski definition) is 2. The summed E-state index contributed by atoms with van der Waals surface area (Å²) in [5.41, 5.74) is 6.54. The van der Waals surface area contributed by atoms with Gasteiger partial charge in [-0.3, -0.25) is 4.79 Å². The van der Waals surface area contributed by atoms with E-state index in [0.717, 1.165) is 12.0 Å². The zero-order valence-electron chi connectivity index (χ0n) is 11.2. The number of thiophene rings is 1. The predicted molar refractivity (Wildman–Crippen MR) is 80.9 cm³/mol. The average Bonchev–Trinajstić information content (AvgIpc) is 2.98. The van der Waals surface area contributed by atoms with Gasteiger partial charge in [-0.05, 0) is 35.6 Å². The van der Waals surface area contributed by atoms with E-state index < -0.39 is 0 Å². The van der Waals surface area contributed by atoms with E-state index in [1.807, 2.05) is 35.7 Å². The number of carbonyl (C=O) groups is 1. The summed E-state index contributed by atoms with van der Waals surface area (Å²) in [5, 5.41) is 4.87. The van der Waals surface area contributed by atoms with Crippen molar-refractivity contribution in [1.29, 1.82) is 0 Å². The fourth-order valence-electron chi connectivity index (χ4n) is 1.74. The zero-order chi connectivity index (χ0) is 14.2. The van der Waals surface area contributed by atoms with Crippen LogP contribution in [-0.2, 0) is 17.8 Å². The number of carbonyl (C=O) groups excluding carboxylic acids is 1. The third-order valence-electron chi connectivity index (χ3n) is 2.78. The summed E-state index contributed by atoms with van der Waals surface area (Å²) in [6.07, 6.45) is 0.853. The molecule has 1 aromatic carbocycles. The highest BCUT2D eigenvalue weighted by molar-refractivity contribution is 7.09. The highest BCUT2D eigenvalue weighted by atomic mass is 32.1. The number of hydrogen-bond acceptors (Lipinski definition) is 4. The van der Waals surface area contributed by atoms with Crippen molar-refractivity contribution in [3.63, 3.8) is 0 Å². The third-order valence-corrected chi connectivity index (χ3v) is 3.71. The van der Waals surface area contributed by atoms with Gasteiger partial charge in [0.25, 0.3) is 5.91 Å². The molecule has 0 spiro atoms. The topological polar surface area (TPSA) is 64.3 Å². The lowest BCUT2D eigenvalue weighted by atomic mass is 10.2. The molecule has 106 valence electrons. The van der Waals surface area contributed by atoms with Crippen molar-refractivity contribution in [3.8, 4) is 5.75 Å². The molecule has 1 amide bonds. The van der Waals surface area contributed by atoms with Crippen LogP contribution in [0.3, 0.4) is 0 Å². The lowest BCUT2D eigenvalue weighted by Crippen LogP contribution is -2.30. The summed E-state index contributed by atoms with van der Waals surface area (Å²) in [4.78, 5) is 12.9. The Hall–Kier alpha value is -1.85. The largest absolute Gasteiger partial charge is 0.484 e. The second-order valence-corrected chi connectivity index (χ2v) is 5.35. The smallest absolute Gasteiger partial charge is 0.257 e. The second-order valence-electron chi connectivity index (χ2n) is 4.32. The second kappa shape index (κ2) is 7.67. The minimum absolute atomic E-state index is 0.0263. The van der Waals surface area contributed by atoms with Crippen molar-refractivity contribution in [2.75, 3.05) is 13.2 Å². The van der Waals surface area contributed by atoms with Crippen LogP contribution in [0.1, 0.15) is 10.4 Å². The van der Waals surface area contributed by atoms with Crippen LogP contribution < -0.4 is 15.8 Å². The van der Waals surface area contributed by atoms with Gasteiger partial charge >= 0.3 is 0 Å². The first-order valence-corrected chi connectivity index (χ1v) is 7.37. The molecule has 0 aliphatic heterocycles. The molecule has 1 aromatic heterocycles. The van der Waals surface area contributed by atoms with Gasteiger partial charge in [0.05, 0.1) is 0 Å². The van der Waals surface area contributed by atoms with Crippen LogP contribution in [0.15, 0.2) is 41.8 Å². The van der Waals surface area contributed by atoms with Gasteiger partial charge < -0.3 is 15.8 Å². The van der Waals surface area contributed by atoms with Crippen molar-refractivity contribution in [1.82, 2.24) is 5.32 Å². The standard InChI is InChI=1S/C15H18N2O2S/c16-10-12-3-1-4-13(9-12)19-11-15(18)17-7-6-14-5-2-8-20-14/h1-5,8-9H,6-7,10-11,16H2,(H,17,18). The Bertz CT molecular complexity index is 541. The molecule has 0 aliphatic rings. The monoisotopic (exact) mass is 290 g/mol. The van der Waals surface area contributed by atoms with E-state index in [4.69, 9.17) is 10.5 Å². The summed E-state index contributed by atoms with van der Waals surface area (Å²) in [6.45, 7) is 1.12. The van der Waals surface area contributed by atoms with Crippen molar-refractivity contribution in [2.45, 2.75) is 13.0 Å². The van der Waals surface area contributed by atoms with Crippen LogP contribution in [-0.4, -0.2) is 19.1 Å². The van der Waals surface area contributed by atoms with Gasteiger partial charge in [-0.2, -0.15) is 0 Å². The Kier molecular flexibility index (Phi) is 5.58. The van der Waals surface area contributed by atoms with Crippen LogP contribution in [0.5, 0.6) is 5.75 Å². The van der Waals surface area contributed by atoms with Gasteiger partial charge in [0.1, 0.15) is 5.75 Å². The molecule has 0 atom stereocenters. The van der Waals surface area contributed by atoms with Crippen molar-refractivity contribution in [3.05, 3.63) is 52.2 Å². The van der Waals surface area contributed by atoms with Gasteiger partial charge in [-0.1, -0.05) is 18.2 Å². The molecule has 0 unspecified atom stereocenters. The summed E-state index contributed by atoms with van der Waals surface area (Å²) < 4.78 is 5.43. The fourth-order valence-corrected chi connectivity index (χ4v) is 2.45. The number of rotatable bonds is 7. The highest BCUT2D eigenvalue weighted by Gasteiger charge is 2.03. The molecule has 2 aromatic rings. The minimum Gasteiger partial charge on any atom is -0.484 e. The zero-order valence-corrected chi connectivity index (χ0v) is 12.0. The van der Waals surface area contributed by atoms with Gasteiger partial charge in [0, 0.05) is 18.0 Å². The number of ether oxygens (including phenoxy) is 1. The minimum atomic E-state index is -0.111. The third kappa shape index (κ3) is 4.68. The average molecular weight is 290 g/mol. The molecule has 2 rings (SSSR count). The van der Waals surface area contributed by atoms with E-state index in [-0.39, 0.29) is 12.5 Å². The van der Waals surface area contributed by atoms with E-state index in [2.05, 4.69) is 11.4 Å². The highest BCUT2D eigenvalue weighted by Crippen LogP contribution is 2.12. The Morgan fingerprint density at radius 2 is 2.20 bits per heavy atom. The summed E-state index contributed by atoms with van der Waals surface area (Å²) in [7, 11) is 0. The van der Waals surface area contributed by atoms with Crippen LogP contribution >= 0.6 is 11.3 Å². The molecule has 1 heterocycles. The van der Waals surface area contributed by atoms with Crippen molar-refractivity contribution < 1.29 is 9.53 Å². The van der Waals surface area contributed by atoms with Crippen LogP contribution in [0.2, 0.25) is 0 Å². The summed E-state index contributed by atoms with van der Waals surface area (Å²) in [5.74, 6) is 0.557. The number of nitrogens with one attached hydrogen (secondary N) is 1. The lowest BCUT2D eigenvalue weighted by molar-refractivity contribution is -0.123. The predicted octanol–water partition coefficient (Wildman–Crippen LogP) is 1.94. The molecule has 20 heavy (non-hydrogen) atoms. The molecule has 0 fully saturated rings. The quantitative estimate of drug-likeness (QED) is 0.819. The van der Waals surface area contributed by atoms with Crippen molar-refractivity contribution >= 4 is 17.2 Å². The van der Waals surface area contributed by atoms with E-state index in [0.29, 0.717) is 18.8 Å². The summed E-state index contributed by atoms with van der Waals surface area (Å²) >= 11 is 1.69. The first-order valence-electron chi connectivity index (χ1n) is 6.49. The molecular weight excluding hydrogens is 272 g/mol. The molecule has 0 bridgehead atoms. The first kappa shape index (κ1) is 14.6. The number of benzene rings is 1. The van der Waals surface area contributed by atoms with Crippen LogP contribution in [0.25, 0.3) is 0 Å². The SMILES string of the molecule is NCc1cccc(OCC(=O)NCCc2cccs2)c1. The fraction of sp³-hybridized carbons (Fsp3) is 0.267. The normalized spacial score (nSPS) is 10.2. The Balaban J connectivity index is 1.69. The lowest BCUT2D eigenvalue weighted by Gasteiger charge is -2.08. The van der Waals surface area contributed by atoms with E-state index in [9.17, 15) is 4.79 Å². The maximum Gasteiger partial charge on any atom is 0.257 e. The molecular formula is C15H18N2O2S. The molecule has 0 saturated heterocycles. The number of amides is 1. The molecule has 4 nitrogen and oxygen atoms in total. The molecule has 5 heteroatoms. The maximum absolute atomic E-state index is 11.6. The van der Waals surface area contributed by atoms with E-state index in [1.165, 1.54) is 4.88 Å². The van der Waals surface area contributed by atoms with Gasteiger partial charge in [-0.25, -0.2) is 0 Å². The Morgan fingerprint density at radius 3 is 2.95 bits per heavy atom. The van der Waals surface area contributed by atoms with E-state index >= 15 is 0 Å². The molecule has 3 N–H and O–H groups in total. The van der Waals surface area contributed by atoms with Gasteiger partial charge in [0.2, 0.25) is 0 Å². The maximum atomic E-state index is 11.6. The van der Waals surface area contributed by atoms with Crippen LogP contribution in [0.4, 0.5) is 0 Å². The molecule has 0 saturated carbocycles.